The Labute approximate surface area is 169 Å². The molecule has 2 aromatic carbocycles. The zero-order valence-electron chi connectivity index (χ0n) is 16.4. The molecule has 0 fully saturated rings. The number of carbonyl (C=O) groups excluding carboxylic acids is 2. The van der Waals surface area contributed by atoms with E-state index in [1.54, 1.807) is 13.2 Å². The molecule has 148 valence electrons. The topological polar surface area (TPSA) is 80.3 Å². The molecule has 2 amide bonds. The minimum absolute atomic E-state index is 0.273. The van der Waals surface area contributed by atoms with Gasteiger partial charge < -0.3 is 15.4 Å². The van der Waals surface area contributed by atoms with E-state index in [0.717, 1.165) is 22.4 Å². The molecule has 0 radical (unpaired) electrons. The van der Waals surface area contributed by atoms with Gasteiger partial charge in [-0.1, -0.05) is 36.4 Å². The van der Waals surface area contributed by atoms with Gasteiger partial charge in [-0.05, 0) is 41.8 Å². The maximum atomic E-state index is 12.4. The molecule has 3 aromatic rings. The largest absolute Gasteiger partial charge is 0.497 e. The molecule has 0 bridgehead atoms. The van der Waals surface area contributed by atoms with Crippen LogP contribution in [0.1, 0.15) is 37.4 Å². The van der Waals surface area contributed by atoms with Crippen molar-refractivity contribution in [3.05, 3.63) is 94.8 Å². The standard InChI is InChI=1S/C23H23N3O3/c1-16-5-3-4-6-18(16)15-26-23(28)20-11-19(13-24-14-20)22(27)25-12-17-7-9-21(29-2)10-8-17/h3-11,13-14H,12,15H2,1-2H3,(H,25,27)(H,26,28). The number of ether oxygens (including phenoxy) is 1. The molecule has 6 nitrogen and oxygen atoms in total. The summed E-state index contributed by atoms with van der Waals surface area (Å²) in [6.45, 7) is 2.78. The molecule has 0 atom stereocenters. The quantitative estimate of drug-likeness (QED) is 0.650. The first kappa shape index (κ1) is 20.1. The fourth-order valence-corrected chi connectivity index (χ4v) is 2.80. The molecule has 6 heteroatoms. The lowest BCUT2D eigenvalue weighted by atomic mass is 10.1. The van der Waals surface area contributed by atoms with Crippen LogP contribution in [0.2, 0.25) is 0 Å². The van der Waals surface area contributed by atoms with Crippen LogP contribution < -0.4 is 15.4 Å². The molecule has 0 saturated heterocycles. The zero-order valence-corrected chi connectivity index (χ0v) is 16.4. The van der Waals surface area contributed by atoms with E-state index in [2.05, 4.69) is 15.6 Å². The fraction of sp³-hybridized carbons (Fsp3) is 0.174. The van der Waals surface area contributed by atoms with Crippen LogP contribution in [0, 0.1) is 6.92 Å². The summed E-state index contributed by atoms with van der Waals surface area (Å²) in [5.41, 5.74) is 3.77. The van der Waals surface area contributed by atoms with Crippen molar-refractivity contribution in [1.82, 2.24) is 15.6 Å². The van der Waals surface area contributed by atoms with Crippen LogP contribution in [0.3, 0.4) is 0 Å². The average Bonchev–Trinajstić information content (AvgIpc) is 2.77. The Balaban J connectivity index is 1.59. The first-order valence-corrected chi connectivity index (χ1v) is 9.25. The van der Waals surface area contributed by atoms with Crippen LogP contribution in [0.4, 0.5) is 0 Å². The summed E-state index contributed by atoms with van der Waals surface area (Å²) in [5.74, 6) is 0.195. The minimum Gasteiger partial charge on any atom is -0.497 e. The smallest absolute Gasteiger partial charge is 0.253 e. The third-order valence-electron chi connectivity index (χ3n) is 4.58. The Bertz CT molecular complexity index is 1000. The highest BCUT2D eigenvalue weighted by Gasteiger charge is 2.12. The molecule has 29 heavy (non-hydrogen) atoms. The van der Waals surface area contributed by atoms with Crippen molar-refractivity contribution in [2.75, 3.05) is 7.11 Å². The second-order valence-corrected chi connectivity index (χ2v) is 6.60. The van der Waals surface area contributed by atoms with Gasteiger partial charge in [-0.25, -0.2) is 0 Å². The second kappa shape index (κ2) is 9.50. The number of aromatic nitrogens is 1. The number of amides is 2. The Morgan fingerprint density at radius 3 is 2.14 bits per heavy atom. The Morgan fingerprint density at radius 2 is 1.52 bits per heavy atom. The number of hydrogen-bond donors (Lipinski definition) is 2. The van der Waals surface area contributed by atoms with Gasteiger partial charge in [0, 0.05) is 25.5 Å². The van der Waals surface area contributed by atoms with Crippen molar-refractivity contribution in [3.63, 3.8) is 0 Å². The van der Waals surface area contributed by atoms with E-state index in [0.29, 0.717) is 24.2 Å². The number of carbonyl (C=O) groups is 2. The third kappa shape index (κ3) is 5.42. The molecule has 0 spiro atoms. The Hall–Kier alpha value is -3.67. The molecule has 0 saturated carbocycles. The van der Waals surface area contributed by atoms with Crippen LogP contribution in [0.15, 0.2) is 67.0 Å². The molecule has 0 aliphatic rings. The number of benzene rings is 2. The minimum atomic E-state index is -0.290. The predicted octanol–water partition coefficient (Wildman–Crippen LogP) is 3.26. The Morgan fingerprint density at radius 1 is 0.897 bits per heavy atom. The SMILES string of the molecule is COc1ccc(CNC(=O)c2cncc(C(=O)NCc3ccccc3C)c2)cc1. The molecule has 0 aliphatic carbocycles. The summed E-state index contributed by atoms with van der Waals surface area (Å²) < 4.78 is 5.12. The van der Waals surface area contributed by atoms with Crippen molar-refractivity contribution >= 4 is 11.8 Å². The van der Waals surface area contributed by atoms with E-state index in [4.69, 9.17) is 4.74 Å². The Kier molecular flexibility index (Phi) is 6.58. The van der Waals surface area contributed by atoms with Gasteiger partial charge in [0.2, 0.25) is 0 Å². The van der Waals surface area contributed by atoms with Gasteiger partial charge >= 0.3 is 0 Å². The van der Waals surface area contributed by atoms with E-state index < -0.39 is 0 Å². The zero-order chi connectivity index (χ0) is 20.6. The number of rotatable bonds is 7. The van der Waals surface area contributed by atoms with E-state index in [-0.39, 0.29) is 11.8 Å². The van der Waals surface area contributed by atoms with Crippen molar-refractivity contribution in [1.29, 1.82) is 0 Å². The number of aryl methyl sites for hydroxylation is 1. The molecule has 0 unspecified atom stereocenters. The molecular weight excluding hydrogens is 366 g/mol. The summed E-state index contributed by atoms with van der Waals surface area (Å²) in [7, 11) is 1.61. The lowest BCUT2D eigenvalue weighted by Gasteiger charge is -2.09. The lowest BCUT2D eigenvalue weighted by molar-refractivity contribution is 0.0950. The average molecular weight is 389 g/mol. The van der Waals surface area contributed by atoms with Gasteiger partial charge in [0.15, 0.2) is 0 Å². The van der Waals surface area contributed by atoms with Gasteiger partial charge in [-0.15, -0.1) is 0 Å². The van der Waals surface area contributed by atoms with Crippen molar-refractivity contribution < 1.29 is 14.3 Å². The number of nitrogens with zero attached hydrogens (tertiary/aromatic N) is 1. The highest BCUT2D eigenvalue weighted by atomic mass is 16.5. The summed E-state index contributed by atoms with van der Waals surface area (Å²) in [6, 6.07) is 16.8. The molecule has 3 rings (SSSR count). The van der Waals surface area contributed by atoms with Gasteiger partial charge in [0.25, 0.3) is 11.8 Å². The summed E-state index contributed by atoms with van der Waals surface area (Å²) >= 11 is 0. The maximum Gasteiger partial charge on any atom is 0.253 e. The fourth-order valence-electron chi connectivity index (χ4n) is 2.80. The monoisotopic (exact) mass is 389 g/mol. The lowest BCUT2D eigenvalue weighted by Crippen LogP contribution is -2.26. The van der Waals surface area contributed by atoms with Gasteiger partial charge in [-0.3, -0.25) is 14.6 Å². The predicted molar refractivity (Wildman–Crippen MR) is 111 cm³/mol. The molecule has 1 aromatic heterocycles. The van der Waals surface area contributed by atoms with Crippen molar-refractivity contribution in [2.24, 2.45) is 0 Å². The van der Waals surface area contributed by atoms with E-state index in [9.17, 15) is 9.59 Å². The summed E-state index contributed by atoms with van der Waals surface area (Å²) in [4.78, 5) is 28.9. The van der Waals surface area contributed by atoms with E-state index in [1.165, 1.54) is 12.4 Å². The molecular formula is C23H23N3O3. The summed E-state index contributed by atoms with van der Waals surface area (Å²) in [6.07, 6.45) is 2.90. The summed E-state index contributed by atoms with van der Waals surface area (Å²) in [5, 5.41) is 5.70. The highest BCUT2D eigenvalue weighted by molar-refractivity contribution is 5.99. The maximum absolute atomic E-state index is 12.4. The first-order chi connectivity index (χ1) is 14.1. The first-order valence-electron chi connectivity index (χ1n) is 9.25. The molecule has 0 aliphatic heterocycles. The van der Waals surface area contributed by atoms with Crippen LogP contribution in [0.5, 0.6) is 5.75 Å². The normalized spacial score (nSPS) is 10.3. The number of methoxy groups -OCH3 is 1. The van der Waals surface area contributed by atoms with E-state index in [1.807, 2.05) is 55.5 Å². The number of nitrogens with one attached hydrogen (secondary N) is 2. The molecule has 1 heterocycles. The van der Waals surface area contributed by atoms with Crippen LogP contribution >= 0.6 is 0 Å². The van der Waals surface area contributed by atoms with Gasteiger partial charge in [0.05, 0.1) is 18.2 Å². The molecule has 2 N–H and O–H groups in total. The number of hydrogen-bond acceptors (Lipinski definition) is 4. The van der Waals surface area contributed by atoms with Gasteiger partial charge in [0.1, 0.15) is 5.75 Å². The van der Waals surface area contributed by atoms with E-state index >= 15 is 0 Å². The third-order valence-corrected chi connectivity index (χ3v) is 4.58. The van der Waals surface area contributed by atoms with Crippen LogP contribution in [-0.4, -0.2) is 23.9 Å². The van der Waals surface area contributed by atoms with Crippen LogP contribution in [-0.2, 0) is 13.1 Å². The van der Waals surface area contributed by atoms with Crippen molar-refractivity contribution in [2.45, 2.75) is 20.0 Å². The van der Waals surface area contributed by atoms with Crippen molar-refractivity contribution in [3.8, 4) is 5.75 Å². The van der Waals surface area contributed by atoms with Crippen LogP contribution in [0.25, 0.3) is 0 Å². The van der Waals surface area contributed by atoms with Gasteiger partial charge in [-0.2, -0.15) is 0 Å². The highest BCUT2D eigenvalue weighted by Crippen LogP contribution is 2.12. The number of pyridine rings is 1. The second-order valence-electron chi connectivity index (χ2n) is 6.60.